The Morgan fingerprint density at radius 2 is 2.00 bits per heavy atom. The summed E-state index contributed by atoms with van der Waals surface area (Å²) >= 11 is 0. The number of nitrogens with two attached hydrogens (primary N) is 1. The molecule has 0 aromatic heterocycles. The van der Waals surface area contributed by atoms with Crippen LogP contribution >= 0.6 is 0 Å². The second-order valence-electron chi connectivity index (χ2n) is 4.25. The van der Waals surface area contributed by atoms with E-state index in [-0.39, 0.29) is 5.92 Å². The number of carboxylic acid groups (broad SMARTS) is 1. The van der Waals surface area contributed by atoms with Crippen molar-refractivity contribution in [1.29, 1.82) is 0 Å². The number of hydrogen-bond donors (Lipinski definition) is 2. The predicted molar refractivity (Wildman–Crippen MR) is 61.4 cm³/mol. The van der Waals surface area contributed by atoms with Gasteiger partial charge in [-0.05, 0) is 11.6 Å². The van der Waals surface area contributed by atoms with Crippen LogP contribution in [0.4, 0.5) is 0 Å². The molecule has 2 rings (SSSR count). The van der Waals surface area contributed by atoms with E-state index in [1.807, 2.05) is 17.0 Å². The highest BCUT2D eigenvalue weighted by atomic mass is 16.4. The fourth-order valence-electron chi connectivity index (χ4n) is 1.99. The van der Waals surface area contributed by atoms with Crippen LogP contribution < -0.4 is 5.73 Å². The van der Waals surface area contributed by atoms with Gasteiger partial charge in [-0.3, -0.25) is 14.5 Å². The molecule has 1 aromatic rings. The van der Waals surface area contributed by atoms with E-state index in [1.54, 1.807) is 12.1 Å². The van der Waals surface area contributed by atoms with Gasteiger partial charge in [0.2, 0.25) is 5.91 Å². The number of likely N-dealkylation sites (tertiary alicyclic amines) is 1. The summed E-state index contributed by atoms with van der Waals surface area (Å²) in [6.45, 7) is 1.63. The topological polar surface area (TPSA) is 83.6 Å². The van der Waals surface area contributed by atoms with Crippen molar-refractivity contribution in [2.75, 3.05) is 13.1 Å². The summed E-state index contributed by atoms with van der Waals surface area (Å²) in [6, 6.07) is 7.14. The summed E-state index contributed by atoms with van der Waals surface area (Å²) in [4.78, 5) is 23.8. The highest BCUT2D eigenvalue weighted by Gasteiger charge is 2.32. The molecular weight excluding hydrogens is 220 g/mol. The molecule has 5 heteroatoms. The number of aliphatic carboxylic acids is 1. The summed E-state index contributed by atoms with van der Waals surface area (Å²) in [5.74, 6) is -1.49. The van der Waals surface area contributed by atoms with Gasteiger partial charge in [0.15, 0.2) is 0 Å². The monoisotopic (exact) mass is 234 g/mol. The number of hydrogen-bond acceptors (Lipinski definition) is 3. The van der Waals surface area contributed by atoms with Gasteiger partial charge >= 0.3 is 5.97 Å². The zero-order valence-electron chi connectivity index (χ0n) is 9.30. The molecule has 1 fully saturated rings. The first-order valence-corrected chi connectivity index (χ1v) is 5.41. The number of benzene rings is 1. The fourth-order valence-corrected chi connectivity index (χ4v) is 1.99. The molecule has 17 heavy (non-hydrogen) atoms. The van der Waals surface area contributed by atoms with Crippen molar-refractivity contribution >= 4 is 11.9 Å². The van der Waals surface area contributed by atoms with Gasteiger partial charge in [-0.2, -0.15) is 0 Å². The first-order chi connectivity index (χ1) is 8.08. The minimum atomic E-state index is -0.760. The minimum Gasteiger partial charge on any atom is -0.481 e. The van der Waals surface area contributed by atoms with Crippen LogP contribution in [-0.2, 0) is 11.3 Å². The van der Waals surface area contributed by atoms with Gasteiger partial charge in [0.25, 0.3) is 0 Å². The highest BCUT2D eigenvalue weighted by Crippen LogP contribution is 2.20. The lowest BCUT2D eigenvalue weighted by atomic mass is 9.98. The Bertz CT molecular complexity index is 453. The molecule has 90 valence electrons. The Morgan fingerprint density at radius 3 is 2.59 bits per heavy atom. The second kappa shape index (κ2) is 4.55. The molecule has 1 aliphatic rings. The average Bonchev–Trinajstić information content (AvgIpc) is 2.22. The van der Waals surface area contributed by atoms with Gasteiger partial charge in [0, 0.05) is 25.2 Å². The van der Waals surface area contributed by atoms with Crippen LogP contribution in [0.1, 0.15) is 15.9 Å². The van der Waals surface area contributed by atoms with Gasteiger partial charge in [-0.25, -0.2) is 0 Å². The summed E-state index contributed by atoms with van der Waals surface area (Å²) in [5, 5.41) is 8.76. The Kier molecular flexibility index (Phi) is 3.10. The van der Waals surface area contributed by atoms with E-state index in [0.717, 1.165) is 5.56 Å². The molecular formula is C12H14N2O3. The molecule has 1 saturated heterocycles. The first kappa shape index (κ1) is 11.6. The Balaban J connectivity index is 2.01. The molecule has 0 bridgehead atoms. The maximum absolute atomic E-state index is 11.2. The molecule has 5 nitrogen and oxygen atoms in total. The SMILES string of the molecule is NC(=O)c1ccccc1CN1CC(C(=O)O)C1. The number of primary amides is 1. The van der Waals surface area contributed by atoms with Crippen molar-refractivity contribution in [3.8, 4) is 0 Å². The molecule has 1 amide bonds. The number of carboxylic acids is 1. The lowest BCUT2D eigenvalue weighted by Gasteiger charge is -2.36. The van der Waals surface area contributed by atoms with Crippen molar-refractivity contribution < 1.29 is 14.7 Å². The van der Waals surface area contributed by atoms with Crippen LogP contribution in [0.3, 0.4) is 0 Å². The zero-order chi connectivity index (χ0) is 12.4. The van der Waals surface area contributed by atoms with Crippen molar-refractivity contribution in [1.82, 2.24) is 4.90 Å². The molecule has 0 saturated carbocycles. The molecule has 0 atom stereocenters. The molecule has 3 N–H and O–H groups in total. The Morgan fingerprint density at radius 1 is 1.35 bits per heavy atom. The summed E-state index contributed by atoms with van der Waals surface area (Å²) in [5.41, 5.74) is 6.63. The van der Waals surface area contributed by atoms with E-state index < -0.39 is 11.9 Å². The van der Waals surface area contributed by atoms with Crippen LogP contribution in [0, 0.1) is 5.92 Å². The van der Waals surface area contributed by atoms with Crippen molar-refractivity contribution in [2.45, 2.75) is 6.54 Å². The summed E-state index contributed by atoms with van der Waals surface area (Å²) < 4.78 is 0. The van der Waals surface area contributed by atoms with Crippen molar-refractivity contribution in [2.24, 2.45) is 11.7 Å². The van der Waals surface area contributed by atoms with Crippen LogP contribution in [0.15, 0.2) is 24.3 Å². The smallest absolute Gasteiger partial charge is 0.309 e. The zero-order valence-corrected chi connectivity index (χ0v) is 9.30. The van der Waals surface area contributed by atoms with E-state index in [4.69, 9.17) is 10.8 Å². The van der Waals surface area contributed by atoms with Gasteiger partial charge in [-0.1, -0.05) is 18.2 Å². The Hall–Kier alpha value is -1.88. The number of carbonyl (C=O) groups is 2. The molecule has 0 radical (unpaired) electrons. The molecule has 1 aromatic carbocycles. The predicted octanol–water partition coefficient (Wildman–Crippen LogP) is 0.302. The number of rotatable bonds is 4. The van der Waals surface area contributed by atoms with Crippen LogP contribution in [-0.4, -0.2) is 35.0 Å². The van der Waals surface area contributed by atoms with E-state index in [1.165, 1.54) is 0 Å². The minimum absolute atomic E-state index is 0.282. The highest BCUT2D eigenvalue weighted by molar-refractivity contribution is 5.94. The summed E-state index contributed by atoms with van der Waals surface area (Å²) in [7, 11) is 0. The van der Waals surface area contributed by atoms with Gasteiger partial charge < -0.3 is 10.8 Å². The third kappa shape index (κ3) is 2.45. The van der Waals surface area contributed by atoms with Crippen molar-refractivity contribution in [3.63, 3.8) is 0 Å². The second-order valence-corrected chi connectivity index (χ2v) is 4.25. The van der Waals surface area contributed by atoms with Gasteiger partial charge in [-0.15, -0.1) is 0 Å². The Labute approximate surface area is 98.8 Å². The number of nitrogens with zero attached hydrogens (tertiary/aromatic N) is 1. The number of amides is 1. The molecule has 0 spiro atoms. The van der Waals surface area contributed by atoms with Crippen LogP contribution in [0.2, 0.25) is 0 Å². The molecule has 0 aliphatic carbocycles. The first-order valence-electron chi connectivity index (χ1n) is 5.41. The lowest BCUT2D eigenvalue weighted by Crippen LogP contribution is -2.49. The van der Waals surface area contributed by atoms with Crippen molar-refractivity contribution in [3.05, 3.63) is 35.4 Å². The standard InChI is InChI=1S/C12H14N2O3/c13-11(15)10-4-2-1-3-8(10)5-14-6-9(7-14)12(16)17/h1-4,9H,5-7H2,(H2,13,15)(H,16,17). The summed E-state index contributed by atoms with van der Waals surface area (Å²) in [6.07, 6.45) is 0. The molecule has 1 aliphatic heterocycles. The van der Waals surface area contributed by atoms with Crippen LogP contribution in [0.5, 0.6) is 0 Å². The van der Waals surface area contributed by atoms with Gasteiger partial charge in [0.05, 0.1) is 5.92 Å². The molecule has 1 heterocycles. The lowest BCUT2D eigenvalue weighted by molar-refractivity contribution is -0.147. The third-order valence-electron chi connectivity index (χ3n) is 2.98. The van der Waals surface area contributed by atoms with E-state index in [2.05, 4.69) is 0 Å². The van der Waals surface area contributed by atoms with E-state index in [0.29, 0.717) is 25.2 Å². The largest absolute Gasteiger partial charge is 0.481 e. The third-order valence-corrected chi connectivity index (χ3v) is 2.98. The quantitative estimate of drug-likeness (QED) is 0.785. The maximum Gasteiger partial charge on any atom is 0.309 e. The maximum atomic E-state index is 11.2. The van der Waals surface area contributed by atoms with Gasteiger partial charge in [0.1, 0.15) is 0 Å². The fraction of sp³-hybridized carbons (Fsp3) is 0.333. The molecule has 0 unspecified atom stereocenters. The number of carbonyl (C=O) groups excluding carboxylic acids is 1. The normalized spacial score (nSPS) is 16.5. The van der Waals surface area contributed by atoms with E-state index >= 15 is 0 Å². The average molecular weight is 234 g/mol. The van der Waals surface area contributed by atoms with E-state index in [9.17, 15) is 9.59 Å². The van der Waals surface area contributed by atoms with Crippen LogP contribution in [0.25, 0.3) is 0 Å².